The maximum absolute atomic E-state index is 13.0. The van der Waals surface area contributed by atoms with Gasteiger partial charge in [0.2, 0.25) is 5.91 Å². The van der Waals surface area contributed by atoms with Crippen LogP contribution in [-0.4, -0.2) is 23.9 Å². The normalized spacial score (nSPS) is 22.4. The molecule has 3 nitrogen and oxygen atoms in total. The second-order valence-electron chi connectivity index (χ2n) is 4.45. The first-order valence-corrected chi connectivity index (χ1v) is 5.43. The van der Waals surface area contributed by atoms with Crippen molar-refractivity contribution in [3.8, 4) is 0 Å². The molecule has 2 unspecified atom stereocenters. The van der Waals surface area contributed by atoms with Crippen LogP contribution in [0.2, 0.25) is 0 Å². The fourth-order valence-electron chi connectivity index (χ4n) is 1.77. The number of nitrogens with zero attached hydrogens (tertiary/aromatic N) is 1. The zero-order valence-electron chi connectivity index (χ0n) is 9.49. The summed E-state index contributed by atoms with van der Waals surface area (Å²) >= 11 is 0. The Bertz CT molecular complexity index is 450. The van der Waals surface area contributed by atoms with E-state index in [4.69, 9.17) is 5.73 Å². The number of carbonyl (C=O) groups excluding carboxylic acids is 1. The molecule has 2 rings (SSSR count). The van der Waals surface area contributed by atoms with Crippen molar-refractivity contribution in [1.82, 2.24) is 4.90 Å². The summed E-state index contributed by atoms with van der Waals surface area (Å²) in [6.07, 6.45) is 0.709. The van der Waals surface area contributed by atoms with E-state index >= 15 is 0 Å². The molecule has 1 amide bonds. The molecular formula is C12H14F2N2O. The number of amides is 1. The second kappa shape index (κ2) is 4.41. The number of benzene rings is 1. The first kappa shape index (κ1) is 12.0. The SMILES string of the molecule is CN(Cc1ccc(F)c(F)c1)C(=O)C1CC1N. The monoisotopic (exact) mass is 240 g/mol. The Labute approximate surface area is 98.2 Å². The van der Waals surface area contributed by atoms with Gasteiger partial charge in [0.25, 0.3) is 0 Å². The Hall–Kier alpha value is -1.49. The van der Waals surface area contributed by atoms with Crippen molar-refractivity contribution in [3.63, 3.8) is 0 Å². The predicted molar refractivity (Wildman–Crippen MR) is 58.9 cm³/mol. The van der Waals surface area contributed by atoms with Crippen molar-refractivity contribution in [2.24, 2.45) is 11.7 Å². The third-order valence-corrected chi connectivity index (χ3v) is 2.94. The molecule has 0 heterocycles. The predicted octanol–water partition coefficient (Wildman–Crippen LogP) is 1.27. The topological polar surface area (TPSA) is 46.3 Å². The van der Waals surface area contributed by atoms with Gasteiger partial charge in [0.15, 0.2) is 11.6 Å². The second-order valence-corrected chi connectivity index (χ2v) is 4.45. The number of carbonyl (C=O) groups is 1. The number of rotatable bonds is 3. The molecule has 92 valence electrons. The minimum absolute atomic E-state index is 0.0396. The highest BCUT2D eigenvalue weighted by Gasteiger charge is 2.41. The summed E-state index contributed by atoms with van der Waals surface area (Å²) in [5.74, 6) is -1.93. The number of hydrogen-bond acceptors (Lipinski definition) is 2. The van der Waals surface area contributed by atoms with Crippen LogP contribution in [0.4, 0.5) is 8.78 Å². The maximum Gasteiger partial charge on any atom is 0.227 e. The lowest BCUT2D eigenvalue weighted by Crippen LogP contribution is -2.29. The summed E-state index contributed by atoms with van der Waals surface area (Å²) in [7, 11) is 1.63. The van der Waals surface area contributed by atoms with E-state index in [0.29, 0.717) is 12.0 Å². The van der Waals surface area contributed by atoms with Gasteiger partial charge in [-0.25, -0.2) is 8.78 Å². The van der Waals surface area contributed by atoms with Crippen LogP contribution in [0.3, 0.4) is 0 Å². The van der Waals surface area contributed by atoms with E-state index < -0.39 is 11.6 Å². The van der Waals surface area contributed by atoms with Gasteiger partial charge in [-0.05, 0) is 24.1 Å². The molecule has 0 saturated heterocycles. The lowest BCUT2D eigenvalue weighted by molar-refractivity contribution is -0.131. The Morgan fingerprint density at radius 2 is 2.12 bits per heavy atom. The summed E-state index contributed by atoms with van der Waals surface area (Å²) in [5, 5.41) is 0. The largest absolute Gasteiger partial charge is 0.341 e. The fraction of sp³-hybridized carbons (Fsp3) is 0.417. The molecule has 1 aromatic carbocycles. The molecule has 0 aromatic heterocycles. The standard InChI is InChI=1S/C12H14F2N2O/c1-16(12(17)8-5-11(8)15)6-7-2-3-9(13)10(14)4-7/h2-4,8,11H,5-6,15H2,1H3. The summed E-state index contributed by atoms with van der Waals surface area (Å²) in [6, 6.07) is 3.59. The first-order chi connectivity index (χ1) is 7.99. The first-order valence-electron chi connectivity index (χ1n) is 5.43. The lowest BCUT2D eigenvalue weighted by atomic mass is 10.2. The van der Waals surface area contributed by atoms with Crippen molar-refractivity contribution in [3.05, 3.63) is 35.4 Å². The van der Waals surface area contributed by atoms with Crippen LogP contribution in [0.5, 0.6) is 0 Å². The van der Waals surface area contributed by atoms with Crippen molar-refractivity contribution >= 4 is 5.91 Å². The van der Waals surface area contributed by atoms with E-state index in [2.05, 4.69) is 0 Å². The van der Waals surface area contributed by atoms with Gasteiger partial charge in [-0.2, -0.15) is 0 Å². The Morgan fingerprint density at radius 3 is 2.65 bits per heavy atom. The van der Waals surface area contributed by atoms with Crippen LogP contribution >= 0.6 is 0 Å². The molecule has 1 aromatic rings. The summed E-state index contributed by atoms with van der Waals surface area (Å²) < 4.78 is 25.7. The highest BCUT2D eigenvalue weighted by molar-refractivity contribution is 5.82. The molecule has 0 spiro atoms. The van der Waals surface area contributed by atoms with Gasteiger partial charge >= 0.3 is 0 Å². The lowest BCUT2D eigenvalue weighted by Gasteiger charge is -2.17. The molecule has 0 aliphatic heterocycles. The summed E-state index contributed by atoms with van der Waals surface area (Å²) in [6.45, 7) is 0.263. The van der Waals surface area contributed by atoms with Crippen LogP contribution < -0.4 is 5.73 Å². The maximum atomic E-state index is 13.0. The van der Waals surface area contributed by atoms with Crippen LogP contribution in [-0.2, 0) is 11.3 Å². The Kier molecular flexibility index (Phi) is 3.11. The summed E-state index contributed by atoms with van der Waals surface area (Å²) in [4.78, 5) is 13.2. The van der Waals surface area contributed by atoms with Crippen LogP contribution in [0.1, 0.15) is 12.0 Å². The quantitative estimate of drug-likeness (QED) is 0.864. The highest BCUT2D eigenvalue weighted by Crippen LogP contribution is 2.29. The molecule has 2 N–H and O–H groups in total. The number of nitrogens with two attached hydrogens (primary N) is 1. The zero-order valence-corrected chi connectivity index (χ0v) is 9.49. The van der Waals surface area contributed by atoms with Gasteiger partial charge in [0, 0.05) is 19.6 Å². The van der Waals surface area contributed by atoms with Gasteiger partial charge in [0.1, 0.15) is 0 Å². The van der Waals surface area contributed by atoms with Gasteiger partial charge in [0.05, 0.1) is 5.92 Å². The smallest absolute Gasteiger partial charge is 0.227 e. The average molecular weight is 240 g/mol. The number of halogens is 2. The molecule has 2 atom stereocenters. The molecule has 0 radical (unpaired) electrons. The molecule has 0 bridgehead atoms. The third-order valence-electron chi connectivity index (χ3n) is 2.94. The van der Waals surface area contributed by atoms with Gasteiger partial charge in [-0.15, -0.1) is 0 Å². The van der Waals surface area contributed by atoms with Gasteiger partial charge < -0.3 is 10.6 Å². The zero-order chi connectivity index (χ0) is 12.6. The average Bonchev–Trinajstić information content (AvgIpc) is 3.00. The van der Waals surface area contributed by atoms with Crippen molar-refractivity contribution in [1.29, 1.82) is 0 Å². The fourth-order valence-corrected chi connectivity index (χ4v) is 1.77. The van der Waals surface area contributed by atoms with Crippen LogP contribution in [0, 0.1) is 17.6 Å². The third kappa shape index (κ3) is 2.61. The molecule has 1 saturated carbocycles. The highest BCUT2D eigenvalue weighted by atomic mass is 19.2. The van der Waals surface area contributed by atoms with E-state index in [0.717, 1.165) is 12.1 Å². The minimum Gasteiger partial charge on any atom is -0.341 e. The summed E-state index contributed by atoms with van der Waals surface area (Å²) in [5.41, 5.74) is 6.15. The van der Waals surface area contributed by atoms with E-state index in [1.165, 1.54) is 11.0 Å². The van der Waals surface area contributed by atoms with E-state index in [-0.39, 0.29) is 24.4 Å². The number of hydrogen-bond donors (Lipinski definition) is 1. The van der Waals surface area contributed by atoms with Crippen molar-refractivity contribution < 1.29 is 13.6 Å². The van der Waals surface area contributed by atoms with Crippen molar-refractivity contribution in [2.45, 2.75) is 19.0 Å². The van der Waals surface area contributed by atoms with Gasteiger partial charge in [-0.3, -0.25) is 4.79 Å². The molecular weight excluding hydrogens is 226 g/mol. The minimum atomic E-state index is -0.897. The van der Waals surface area contributed by atoms with Crippen LogP contribution in [0.15, 0.2) is 18.2 Å². The molecule has 5 heteroatoms. The van der Waals surface area contributed by atoms with Gasteiger partial charge in [-0.1, -0.05) is 6.07 Å². The van der Waals surface area contributed by atoms with Crippen molar-refractivity contribution in [2.75, 3.05) is 7.05 Å². The van der Waals surface area contributed by atoms with E-state index in [9.17, 15) is 13.6 Å². The molecule has 1 aliphatic carbocycles. The van der Waals surface area contributed by atoms with E-state index in [1.54, 1.807) is 7.05 Å². The van der Waals surface area contributed by atoms with E-state index in [1.807, 2.05) is 0 Å². The molecule has 1 fully saturated rings. The Morgan fingerprint density at radius 1 is 1.47 bits per heavy atom. The Balaban J connectivity index is 2.00. The van der Waals surface area contributed by atoms with Crippen LogP contribution in [0.25, 0.3) is 0 Å². The molecule has 1 aliphatic rings. The molecule has 17 heavy (non-hydrogen) atoms.